The summed E-state index contributed by atoms with van der Waals surface area (Å²) in [7, 11) is 0. The fourth-order valence-electron chi connectivity index (χ4n) is 1.08. The van der Waals surface area contributed by atoms with Gasteiger partial charge >= 0.3 is 0 Å². The van der Waals surface area contributed by atoms with Crippen LogP contribution in [0.25, 0.3) is 0 Å². The lowest BCUT2D eigenvalue weighted by Crippen LogP contribution is -2.29. The van der Waals surface area contributed by atoms with Gasteiger partial charge < -0.3 is 5.32 Å². The molecule has 1 N–H and O–H groups in total. The minimum Gasteiger partial charge on any atom is -0.309 e. The Labute approximate surface area is 85.1 Å². The number of hydrogen-bond acceptors (Lipinski definition) is 1. The maximum absolute atomic E-state index is 5.73. The van der Waals surface area contributed by atoms with Crippen molar-refractivity contribution in [2.75, 3.05) is 6.54 Å². The number of nitrogens with one attached hydrogen (secondary N) is 1. The first-order valence-electron chi connectivity index (χ1n) is 4.42. The molecule has 3 heteroatoms. The molecule has 0 aromatic rings. The van der Waals surface area contributed by atoms with Crippen LogP contribution in [-0.4, -0.2) is 12.6 Å². The van der Waals surface area contributed by atoms with Gasteiger partial charge in [0.1, 0.15) is 0 Å². The monoisotopic (exact) mass is 209 g/mol. The van der Waals surface area contributed by atoms with Crippen LogP contribution in [0, 0.1) is 0 Å². The molecule has 0 amide bonds. The Morgan fingerprint density at radius 3 is 2.58 bits per heavy atom. The summed E-state index contributed by atoms with van der Waals surface area (Å²) >= 11 is 11.2. The fraction of sp³-hybridized carbons (Fsp3) is 0.778. The molecule has 0 spiro atoms. The van der Waals surface area contributed by atoms with Crippen molar-refractivity contribution in [2.45, 2.75) is 39.2 Å². The maximum atomic E-state index is 5.73. The lowest BCUT2D eigenvalue weighted by Gasteiger charge is -2.15. The van der Waals surface area contributed by atoms with Gasteiger partial charge in [-0.15, -0.1) is 0 Å². The summed E-state index contributed by atoms with van der Waals surface area (Å²) in [5, 5.41) is 4.01. The van der Waals surface area contributed by atoms with Crippen LogP contribution < -0.4 is 5.32 Å². The first kappa shape index (κ1) is 12.3. The van der Waals surface area contributed by atoms with Crippen LogP contribution in [0.15, 0.2) is 10.6 Å². The van der Waals surface area contributed by atoms with Crippen molar-refractivity contribution >= 4 is 23.2 Å². The van der Waals surface area contributed by atoms with E-state index >= 15 is 0 Å². The topological polar surface area (TPSA) is 12.0 Å². The van der Waals surface area contributed by atoms with E-state index in [1.165, 1.54) is 18.4 Å². The van der Waals surface area contributed by atoms with Crippen LogP contribution in [0.2, 0.25) is 0 Å². The number of hydrogen-bond donors (Lipinski definition) is 1. The van der Waals surface area contributed by atoms with E-state index in [0.717, 1.165) is 6.42 Å². The van der Waals surface area contributed by atoms with Gasteiger partial charge in [0.2, 0.25) is 0 Å². The van der Waals surface area contributed by atoms with E-state index in [1.54, 1.807) is 0 Å². The van der Waals surface area contributed by atoms with E-state index in [9.17, 15) is 0 Å². The summed E-state index contributed by atoms with van der Waals surface area (Å²) in [6.45, 7) is 5.04. The zero-order chi connectivity index (χ0) is 9.40. The molecule has 0 saturated carbocycles. The van der Waals surface area contributed by atoms with Crippen LogP contribution in [0.3, 0.4) is 0 Å². The Kier molecular flexibility index (Phi) is 8.09. The molecule has 0 fully saturated rings. The Morgan fingerprint density at radius 2 is 2.17 bits per heavy atom. The highest BCUT2D eigenvalue weighted by atomic mass is 35.5. The summed E-state index contributed by atoms with van der Waals surface area (Å²) in [5.74, 6) is 0. The minimum atomic E-state index is 0.570. The lowest BCUT2D eigenvalue weighted by molar-refractivity contribution is 0.484. The average molecular weight is 210 g/mol. The van der Waals surface area contributed by atoms with Gasteiger partial charge in [-0.25, -0.2) is 0 Å². The lowest BCUT2D eigenvalue weighted by atomic mass is 10.1. The third-order valence-corrected chi connectivity index (χ3v) is 2.43. The third kappa shape index (κ3) is 5.87. The standard InChI is InChI=1S/C9H17Cl2N/c1-3-5-9(4-2)12-7-8(11)6-10/h6,9,12H,3-5,7H2,1-2H3. The zero-order valence-corrected chi connectivity index (χ0v) is 9.25. The molecule has 0 aromatic carbocycles. The van der Waals surface area contributed by atoms with Gasteiger partial charge in [0, 0.05) is 23.2 Å². The first-order chi connectivity index (χ1) is 5.74. The summed E-state index contributed by atoms with van der Waals surface area (Å²) in [4.78, 5) is 0. The molecule has 72 valence electrons. The quantitative estimate of drug-likeness (QED) is 0.707. The summed E-state index contributed by atoms with van der Waals surface area (Å²) in [6.07, 6.45) is 3.54. The second-order valence-corrected chi connectivity index (χ2v) is 3.53. The van der Waals surface area contributed by atoms with Gasteiger partial charge in [-0.2, -0.15) is 0 Å². The summed E-state index contributed by atoms with van der Waals surface area (Å²) in [5.41, 5.74) is 1.41. The van der Waals surface area contributed by atoms with Crippen LogP contribution in [0.1, 0.15) is 33.1 Å². The molecule has 0 aliphatic heterocycles. The Balaban J connectivity index is 3.57. The molecule has 0 aliphatic carbocycles. The van der Waals surface area contributed by atoms with Crippen LogP contribution in [0.5, 0.6) is 0 Å². The zero-order valence-electron chi connectivity index (χ0n) is 7.74. The molecule has 0 aliphatic rings. The molecule has 0 aromatic heterocycles. The molecule has 0 rings (SSSR count). The van der Waals surface area contributed by atoms with Crippen molar-refractivity contribution in [1.29, 1.82) is 0 Å². The fourth-order valence-corrected chi connectivity index (χ4v) is 1.23. The van der Waals surface area contributed by atoms with E-state index in [0.29, 0.717) is 17.6 Å². The SMILES string of the molecule is CCCC(CC)NCC(Cl)=CCl. The van der Waals surface area contributed by atoms with Crippen molar-refractivity contribution in [3.05, 3.63) is 10.6 Å². The summed E-state index contributed by atoms with van der Waals surface area (Å²) in [6, 6.07) is 0.570. The van der Waals surface area contributed by atoms with Crippen molar-refractivity contribution in [1.82, 2.24) is 5.32 Å². The molecule has 0 heterocycles. The third-order valence-electron chi connectivity index (χ3n) is 1.81. The van der Waals surface area contributed by atoms with E-state index in [2.05, 4.69) is 19.2 Å². The predicted octanol–water partition coefficient (Wildman–Crippen LogP) is 3.47. The number of halogens is 2. The van der Waals surface area contributed by atoms with E-state index in [-0.39, 0.29) is 0 Å². The molecular weight excluding hydrogens is 193 g/mol. The minimum absolute atomic E-state index is 0.570. The second kappa shape index (κ2) is 7.90. The molecule has 0 saturated heterocycles. The largest absolute Gasteiger partial charge is 0.309 e. The van der Waals surface area contributed by atoms with Crippen molar-refractivity contribution in [2.24, 2.45) is 0 Å². The highest BCUT2D eigenvalue weighted by Crippen LogP contribution is 2.05. The van der Waals surface area contributed by atoms with E-state index < -0.39 is 0 Å². The molecular formula is C9H17Cl2N. The van der Waals surface area contributed by atoms with E-state index in [4.69, 9.17) is 23.2 Å². The predicted molar refractivity (Wildman–Crippen MR) is 56.8 cm³/mol. The maximum Gasteiger partial charge on any atom is 0.0431 e. The molecule has 1 nitrogen and oxygen atoms in total. The van der Waals surface area contributed by atoms with Gasteiger partial charge in [0.15, 0.2) is 0 Å². The molecule has 0 bridgehead atoms. The van der Waals surface area contributed by atoms with Crippen molar-refractivity contribution < 1.29 is 0 Å². The first-order valence-corrected chi connectivity index (χ1v) is 5.24. The molecule has 12 heavy (non-hydrogen) atoms. The van der Waals surface area contributed by atoms with Gasteiger partial charge in [0.25, 0.3) is 0 Å². The highest BCUT2D eigenvalue weighted by Gasteiger charge is 2.03. The average Bonchev–Trinajstić information content (AvgIpc) is 2.11. The van der Waals surface area contributed by atoms with Crippen molar-refractivity contribution in [3.8, 4) is 0 Å². The highest BCUT2D eigenvalue weighted by molar-refractivity contribution is 6.36. The Morgan fingerprint density at radius 1 is 1.50 bits per heavy atom. The van der Waals surface area contributed by atoms with Gasteiger partial charge in [-0.05, 0) is 12.8 Å². The van der Waals surface area contributed by atoms with Gasteiger partial charge in [0.05, 0.1) is 0 Å². The van der Waals surface area contributed by atoms with E-state index in [1.807, 2.05) is 0 Å². The smallest absolute Gasteiger partial charge is 0.0431 e. The molecule has 1 unspecified atom stereocenters. The van der Waals surface area contributed by atoms with Crippen molar-refractivity contribution in [3.63, 3.8) is 0 Å². The van der Waals surface area contributed by atoms with Gasteiger partial charge in [-0.3, -0.25) is 0 Å². The second-order valence-electron chi connectivity index (χ2n) is 2.83. The normalized spacial score (nSPS) is 14.8. The Hall–Kier alpha value is 0.280. The van der Waals surface area contributed by atoms with Crippen LogP contribution >= 0.6 is 23.2 Å². The summed E-state index contributed by atoms with van der Waals surface area (Å²) < 4.78 is 0. The molecule has 0 radical (unpaired) electrons. The molecule has 1 atom stereocenters. The van der Waals surface area contributed by atoms with Crippen LogP contribution in [0.4, 0.5) is 0 Å². The van der Waals surface area contributed by atoms with Gasteiger partial charge in [-0.1, -0.05) is 43.5 Å². The van der Waals surface area contributed by atoms with Crippen LogP contribution in [-0.2, 0) is 0 Å². The number of rotatable bonds is 6. The Bertz CT molecular complexity index is 134.